The Morgan fingerprint density at radius 1 is 1.03 bits per heavy atom. The van der Waals surface area contributed by atoms with E-state index in [0.717, 1.165) is 31.1 Å². The Bertz CT molecular complexity index is 644. The lowest BCUT2D eigenvalue weighted by atomic mass is 9.92. The smallest absolute Gasteiger partial charge is 0.253 e. The summed E-state index contributed by atoms with van der Waals surface area (Å²) < 4.78 is 2.48. The number of amides is 1. The molecule has 1 atom stereocenters. The first-order chi connectivity index (χ1) is 14.2. The van der Waals surface area contributed by atoms with Crippen molar-refractivity contribution in [2.75, 3.05) is 65.2 Å². The topological polar surface area (TPSA) is 30.0 Å². The first-order valence-electron chi connectivity index (χ1n) is 11.3. The highest BCUT2D eigenvalue weighted by molar-refractivity contribution is 7.96. The van der Waals surface area contributed by atoms with Crippen LogP contribution in [0.4, 0.5) is 0 Å². The molecule has 5 nitrogen and oxygen atoms in total. The molecule has 3 heterocycles. The number of hydrogen-bond acceptors (Lipinski definition) is 5. The van der Waals surface area contributed by atoms with Gasteiger partial charge in [-0.2, -0.15) is 0 Å². The Hall–Kier alpha value is -1.08. The second-order valence-electron chi connectivity index (χ2n) is 8.83. The molecule has 3 saturated heterocycles. The van der Waals surface area contributed by atoms with Gasteiger partial charge in [0.2, 0.25) is 0 Å². The molecule has 3 fully saturated rings. The zero-order valence-electron chi connectivity index (χ0n) is 17.8. The average Bonchev–Trinajstić information content (AvgIpc) is 2.76. The van der Waals surface area contributed by atoms with Crippen LogP contribution in [-0.4, -0.2) is 96.1 Å². The first kappa shape index (κ1) is 21.2. The molecule has 0 N–H and O–H groups in total. The monoisotopic (exact) mass is 416 g/mol. The zero-order chi connectivity index (χ0) is 20.1. The van der Waals surface area contributed by atoms with E-state index in [0.29, 0.717) is 5.92 Å². The van der Waals surface area contributed by atoms with E-state index in [2.05, 4.69) is 25.3 Å². The number of carbonyl (C=O) groups is 1. The molecule has 3 aliphatic rings. The van der Waals surface area contributed by atoms with E-state index in [1.54, 1.807) is 0 Å². The van der Waals surface area contributed by atoms with Crippen molar-refractivity contribution in [3.05, 3.63) is 35.9 Å². The summed E-state index contributed by atoms with van der Waals surface area (Å²) in [6.45, 7) is 10.5. The fourth-order valence-corrected chi connectivity index (χ4v) is 5.59. The molecule has 3 aliphatic heterocycles. The number of carbonyl (C=O) groups excluding carboxylic acids is 1. The van der Waals surface area contributed by atoms with Crippen molar-refractivity contribution in [3.8, 4) is 0 Å². The van der Waals surface area contributed by atoms with Crippen LogP contribution in [0.5, 0.6) is 0 Å². The van der Waals surface area contributed by atoms with Crippen molar-refractivity contribution in [2.24, 2.45) is 5.92 Å². The largest absolute Gasteiger partial charge is 0.338 e. The molecule has 0 saturated carbocycles. The first-order valence-corrected chi connectivity index (χ1v) is 12.5. The van der Waals surface area contributed by atoms with Gasteiger partial charge >= 0.3 is 0 Å². The summed E-state index contributed by atoms with van der Waals surface area (Å²) >= 11 is 1.88. The van der Waals surface area contributed by atoms with Crippen LogP contribution < -0.4 is 0 Å². The van der Waals surface area contributed by atoms with Crippen LogP contribution in [0.15, 0.2) is 30.3 Å². The number of hydrogen-bond donors (Lipinski definition) is 0. The van der Waals surface area contributed by atoms with Crippen LogP contribution in [0.2, 0.25) is 0 Å². The summed E-state index contributed by atoms with van der Waals surface area (Å²) in [4.78, 5) is 20.1. The maximum absolute atomic E-state index is 12.7. The van der Waals surface area contributed by atoms with Crippen molar-refractivity contribution in [1.29, 1.82) is 0 Å². The number of likely N-dealkylation sites (tertiary alicyclic amines) is 2. The number of piperazine rings is 1. The third-order valence-electron chi connectivity index (χ3n) is 6.90. The van der Waals surface area contributed by atoms with Crippen LogP contribution in [-0.2, 0) is 0 Å². The minimum atomic E-state index is 0.211. The minimum Gasteiger partial charge on any atom is -0.338 e. The summed E-state index contributed by atoms with van der Waals surface area (Å²) in [6, 6.07) is 10.5. The fourth-order valence-electron chi connectivity index (χ4n) is 5.06. The van der Waals surface area contributed by atoms with Crippen molar-refractivity contribution in [2.45, 2.75) is 31.7 Å². The third-order valence-corrected chi connectivity index (χ3v) is 7.78. The lowest BCUT2D eigenvalue weighted by Gasteiger charge is -2.48. The van der Waals surface area contributed by atoms with Crippen molar-refractivity contribution in [1.82, 2.24) is 19.0 Å². The molecular weight excluding hydrogens is 380 g/mol. The maximum Gasteiger partial charge on any atom is 0.253 e. The average molecular weight is 417 g/mol. The predicted octanol–water partition coefficient (Wildman–Crippen LogP) is 2.90. The van der Waals surface area contributed by atoms with Crippen LogP contribution >= 0.6 is 11.9 Å². The van der Waals surface area contributed by atoms with Gasteiger partial charge < -0.3 is 9.80 Å². The lowest BCUT2D eigenvalue weighted by molar-refractivity contribution is 0.0165. The number of piperidine rings is 1. The number of benzene rings is 1. The molecule has 0 bridgehead atoms. The normalized spacial score (nSPS) is 25.1. The molecular formula is C23H36N4OS. The van der Waals surface area contributed by atoms with E-state index >= 15 is 0 Å². The molecule has 0 radical (unpaired) electrons. The molecule has 160 valence electrons. The Labute approximate surface area is 180 Å². The summed E-state index contributed by atoms with van der Waals surface area (Å²) in [6.07, 6.45) is 7.14. The fraction of sp³-hybridized carbons (Fsp3) is 0.696. The van der Waals surface area contributed by atoms with Crippen molar-refractivity contribution in [3.63, 3.8) is 0 Å². The molecule has 4 rings (SSSR count). The van der Waals surface area contributed by atoms with Gasteiger partial charge in [0.1, 0.15) is 0 Å². The van der Waals surface area contributed by atoms with Gasteiger partial charge in [-0.15, -0.1) is 0 Å². The molecule has 1 aromatic carbocycles. The highest BCUT2D eigenvalue weighted by Crippen LogP contribution is 2.24. The van der Waals surface area contributed by atoms with E-state index in [1.807, 2.05) is 42.3 Å². The molecule has 1 aromatic rings. The highest BCUT2D eigenvalue weighted by Gasteiger charge is 2.33. The standard InChI is InChI=1S/C23H36N4OS/c1-29-27-15-13-25(14-16-27)22-18-24(19-22)11-5-7-20-8-6-12-26(17-20)23(28)21-9-3-2-4-10-21/h2-4,9-10,20,22H,5-8,11-19H2,1H3. The van der Waals surface area contributed by atoms with Crippen LogP contribution in [0, 0.1) is 5.92 Å². The number of rotatable bonds is 7. The summed E-state index contributed by atoms with van der Waals surface area (Å²) in [5, 5.41) is 0. The zero-order valence-corrected chi connectivity index (χ0v) is 18.7. The van der Waals surface area contributed by atoms with Crippen LogP contribution in [0.25, 0.3) is 0 Å². The highest BCUT2D eigenvalue weighted by atomic mass is 32.2. The Kier molecular flexibility index (Phi) is 7.51. The van der Waals surface area contributed by atoms with E-state index in [1.165, 1.54) is 65.1 Å². The van der Waals surface area contributed by atoms with Gasteiger partial charge in [0, 0.05) is 64.0 Å². The predicted molar refractivity (Wildman–Crippen MR) is 121 cm³/mol. The Morgan fingerprint density at radius 2 is 1.79 bits per heavy atom. The molecule has 0 spiro atoms. The summed E-state index contributed by atoms with van der Waals surface area (Å²) in [5.41, 5.74) is 0.832. The second kappa shape index (κ2) is 10.3. The molecule has 6 heteroatoms. The maximum atomic E-state index is 12.7. The Morgan fingerprint density at radius 3 is 2.52 bits per heavy atom. The molecule has 0 aliphatic carbocycles. The quantitative estimate of drug-likeness (QED) is 0.638. The van der Waals surface area contributed by atoms with Crippen LogP contribution in [0.3, 0.4) is 0 Å². The summed E-state index contributed by atoms with van der Waals surface area (Å²) in [7, 11) is 0. The van der Waals surface area contributed by atoms with Crippen LogP contribution in [0.1, 0.15) is 36.0 Å². The van der Waals surface area contributed by atoms with Gasteiger partial charge in [-0.1, -0.05) is 30.1 Å². The van der Waals surface area contributed by atoms with Crippen molar-refractivity contribution >= 4 is 17.9 Å². The van der Waals surface area contributed by atoms with Gasteiger partial charge in [-0.25, -0.2) is 4.31 Å². The van der Waals surface area contributed by atoms with E-state index < -0.39 is 0 Å². The van der Waals surface area contributed by atoms with E-state index in [9.17, 15) is 4.79 Å². The SMILES string of the molecule is CSN1CCN(C2CN(CCCC3CCCN(C(=O)c4ccccc4)C3)C2)CC1. The van der Waals surface area contributed by atoms with Gasteiger partial charge in [0.25, 0.3) is 5.91 Å². The second-order valence-corrected chi connectivity index (χ2v) is 9.71. The summed E-state index contributed by atoms with van der Waals surface area (Å²) in [5.74, 6) is 0.885. The molecule has 29 heavy (non-hydrogen) atoms. The van der Waals surface area contributed by atoms with Gasteiger partial charge in [0.05, 0.1) is 0 Å². The Balaban J connectivity index is 1.12. The third kappa shape index (κ3) is 5.54. The number of nitrogens with zero attached hydrogens (tertiary/aromatic N) is 4. The molecule has 0 aromatic heterocycles. The van der Waals surface area contributed by atoms with E-state index in [4.69, 9.17) is 0 Å². The van der Waals surface area contributed by atoms with Gasteiger partial charge in [0.15, 0.2) is 0 Å². The van der Waals surface area contributed by atoms with E-state index in [-0.39, 0.29) is 5.91 Å². The molecule has 1 unspecified atom stereocenters. The lowest BCUT2D eigenvalue weighted by Crippen LogP contribution is -2.62. The molecule has 1 amide bonds. The van der Waals surface area contributed by atoms with Crippen molar-refractivity contribution < 1.29 is 4.79 Å². The minimum absolute atomic E-state index is 0.211. The van der Waals surface area contributed by atoms with Gasteiger partial charge in [-0.05, 0) is 56.5 Å². The van der Waals surface area contributed by atoms with Gasteiger partial charge in [-0.3, -0.25) is 9.69 Å².